The lowest BCUT2D eigenvalue weighted by molar-refractivity contribution is -0.918. The molecule has 0 saturated carbocycles. The minimum atomic E-state index is 0.0394. The van der Waals surface area contributed by atoms with Crippen molar-refractivity contribution in [3.05, 3.63) is 51.4 Å². The SMILES string of the molecule is COc1ccc(C[NH+]2CCC(Nc3nc4c(c(=O)[nH]3)CCC4)CC2)cc1. The molecule has 6 nitrogen and oxygen atoms in total. The summed E-state index contributed by atoms with van der Waals surface area (Å²) in [5.74, 6) is 1.56. The van der Waals surface area contributed by atoms with Gasteiger partial charge in [-0.25, -0.2) is 4.98 Å². The van der Waals surface area contributed by atoms with E-state index in [2.05, 4.69) is 27.4 Å². The number of piperidine rings is 1. The molecule has 1 saturated heterocycles. The van der Waals surface area contributed by atoms with Gasteiger partial charge in [0.1, 0.15) is 12.3 Å². The Balaban J connectivity index is 1.31. The Hall–Kier alpha value is -2.34. The summed E-state index contributed by atoms with van der Waals surface area (Å²) in [5, 5.41) is 3.45. The Morgan fingerprint density at radius 2 is 2.00 bits per heavy atom. The van der Waals surface area contributed by atoms with Gasteiger partial charge in [0.05, 0.1) is 25.9 Å². The molecule has 2 heterocycles. The highest BCUT2D eigenvalue weighted by molar-refractivity contribution is 5.33. The number of aromatic nitrogens is 2. The van der Waals surface area contributed by atoms with Gasteiger partial charge in [-0.05, 0) is 43.5 Å². The van der Waals surface area contributed by atoms with Crippen LogP contribution in [0.1, 0.15) is 36.1 Å². The predicted octanol–water partition coefficient (Wildman–Crippen LogP) is 0.927. The minimum Gasteiger partial charge on any atom is -0.497 e. The van der Waals surface area contributed by atoms with E-state index in [1.807, 2.05) is 12.1 Å². The highest BCUT2D eigenvalue weighted by atomic mass is 16.5. The van der Waals surface area contributed by atoms with E-state index in [1.54, 1.807) is 12.0 Å². The van der Waals surface area contributed by atoms with Gasteiger partial charge in [0, 0.05) is 30.0 Å². The van der Waals surface area contributed by atoms with Crippen molar-refractivity contribution in [1.82, 2.24) is 9.97 Å². The molecule has 1 aromatic heterocycles. The summed E-state index contributed by atoms with van der Waals surface area (Å²) in [6.07, 6.45) is 5.02. The Bertz CT molecular complexity index is 808. The number of benzene rings is 1. The van der Waals surface area contributed by atoms with Gasteiger partial charge in [-0.1, -0.05) is 0 Å². The number of fused-ring (bicyclic) bond motifs is 1. The van der Waals surface area contributed by atoms with Gasteiger partial charge in [0.25, 0.3) is 5.56 Å². The molecule has 26 heavy (non-hydrogen) atoms. The number of nitrogens with one attached hydrogen (secondary N) is 3. The number of ether oxygens (including phenoxy) is 1. The van der Waals surface area contributed by atoms with Crippen LogP contribution in [-0.4, -0.2) is 36.2 Å². The van der Waals surface area contributed by atoms with Gasteiger partial charge in [-0.15, -0.1) is 0 Å². The molecule has 1 aromatic carbocycles. The standard InChI is InChI=1S/C20H26N4O2/c1-26-16-7-5-14(6-8-16)13-24-11-9-15(10-12-24)21-20-22-18-4-2-3-17(18)19(25)23-20/h5-8,15H,2-4,9-13H2,1H3,(H2,21,22,23,25)/p+1. The van der Waals surface area contributed by atoms with Crippen LogP contribution >= 0.6 is 0 Å². The van der Waals surface area contributed by atoms with Gasteiger partial charge in [-0.2, -0.15) is 0 Å². The molecule has 0 bridgehead atoms. The molecule has 1 aliphatic carbocycles. The highest BCUT2D eigenvalue weighted by Gasteiger charge is 2.24. The molecule has 138 valence electrons. The molecule has 1 fully saturated rings. The van der Waals surface area contributed by atoms with Crippen LogP contribution in [0, 0.1) is 0 Å². The quantitative estimate of drug-likeness (QED) is 0.746. The molecule has 3 N–H and O–H groups in total. The number of aryl methyl sites for hydroxylation is 1. The fourth-order valence-corrected chi connectivity index (χ4v) is 4.08. The molecule has 0 unspecified atom stereocenters. The van der Waals surface area contributed by atoms with Crippen molar-refractivity contribution in [2.24, 2.45) is 0 Å². The van der Waals surface area contributed by atoms with Crippen molar-refractivity contribution in [3.63, 3.8) is 0 Å². The van der Waals surface area contributed by atoms with E-state index in [4.69, 9.17) is 4.74 Å². The predicted molar refractivity (Wildman–Crippen MR) is 101 cm³/mol. The van der Waals surface area contributed by atoms with E-state index >= 15 is 0 Å². The second-order valence-corrected chi connectivity index (χ2v) is 7.39. The summed E-state index contributed by atoms with van der Waals surface area (Å²) in [7, 11) is 1.70. The Kier molecular flexibility index (Phi) is 4.93. The molecule has 6 heteroatoms. The van der Waals surface area contributed by atoms with E-state index in [0.29, 0.717) is 12.0 Å². The zero-order valence-corrected chi connectivity index (χ0v) is 15.3. The molecule has 2 aromatic rings. The van der Waals surface area contributed by atoms with Gasteiger partial charge in [-0.3, -0.25) is 9.78 Å². The summed E-state index contributed by atoms with van der Waals surface area (Å²) in [6.45, 7) is 3.29. The average molecular weight is 355 g/mol. The third-order valence-corrected chi connectivity index (χ3v) is 5.59. The zero-order chi connectivity index (χ0) is 17.9. The van der Waals surface area contributed by atoms with Crippen molar-refractivity contribution in [2.75, 3.05) is 25.5 Å². The van der Waals surface area contributed by atoms with Crippen LogP contribution in [-0.2, 0) is 19.4 Å². The number of methoxy groups -OCH3 is 1. The van der Waals surface area contributed by atoms with Gasteiger partial charge < -0.3 is 15.0 Å². The van der Waals surface area contributed by atoms with Crippen LogP contribution in [0.2, 0.25) is 0 Å². The number of quaternary nitrogens is 1. The lowest BCUT2D eigenvalue weighted by Gasteiger charge is -2.30. The molecule has 2 aliphatic rings. The molecule has 4 rings (SSSR count). The van der Waals surface area contributed by atoms with Crippen molar-refractivity contribution >= 4 is 5.95 Å². The second kappa shape index (κ2) is 7.50. The zero-order valence-electron chi connectivity index (χ0n) is 15.3. The maximum Gasteiger partial charge on any atom is 0.255 e. The summed E-state index contributed by atoms with van der Waals surface area (Å²) in [4.78, 5) is 21.3. The summed E-state index contributed by atoms with van der Waals surface area (Å²) >= 11 is 0. The number of H-pyrrole nitrogens is 1. The van der Waals surface area contributed by atoms with Gasteiger partial charge in [0.15, 0.2) is 0 Å². The van der Waals surface area contributed by atoms with Crippen LogP contribution in [0.4, 0.5) is 5.95 Å². The monoisotopic (exact) mass is 355 g/mol. The second-order valence-electron chi connectivity index (χ2n) is 7.39. The molecule has 0 atom stereocenters. The average Bonchev–Trinajstić information content (AvgIpc) is 3.13. The Labute approximate surface area is 153 Å². The number of anilines is 1. The first-order valence-electron chi connectivity index (χ1n) is 9.56. The van der Waals surface area contributed by atoms with Crippen LogP contribution in [0.15, 0.2) is 29.1 Å². The van der Waals surface area contributed by atoms with Crippen LogP contribution in [0.3, 0.4) is 0 Å². The summed E-state index contributed by atoms with van der Waals surface area (Å²) in [6, 6.07) is 8.74. The highest BCUT2D eigenvalue weighted by Crippen LogP contribution is 2.17. The van der Waals surface area contributed by atoms with Crippen LogP contribution in [0.25, 0.3) is 0 Å². The summed E-state index contributed by atoms with van der Waals surface area (Å²) in [5.41, 5.74) is 3.25. The third-order valence-electron chi connectivity index (χ3n) is 5.59. The number of hydrogen-bond acceptors (Lipinski definition) is 4. The van der Waals surface area contributed by atoms with Crippen LogP contribution in [0.5, 0.6) is 5.75 Å². The number of hydrogen-bond donors (Lipinski definition) is 3. The first kappa shape index (κ1) is 17.1. The number of aromatic amines is 1. The molecule has 0 amide bonds. The van der Waals surface area contributed by atoms with E-state index in [9.17, 15) is 4.79 Å². The minimum absolute atomic E-state index is 0.0394. The van der Waals surface area contributed by atoms with Crippen molar-refractivity contribution in [2.45, 2.75) is 44.7 Å². The van der Waals surface area contributed by atoms with E-state index in [0.717, 1.165) is 68.7 Å². The number of likely N-dealkylation sites (tertiary alicyclic amines) is 1. The maximum atomic E-state index is 12.1. The number of nitrogens with zero attached hydrogens (tertiary/aromatic N) is 1. The largest absolute Gasteiger partial charge is 0.497 e. The lowest BCUT2D eigenvalue weighted by Crippen LogP contribution is -3.12. The molecule has 0 spiro atoms. The fourth-order valence-electron chi connectivity index (χ4n) is 4.08. The molecular weight excluding hydrogens is 328 g/mol. The van der Waals surface area contributed by atoms with Gasteiger partial charge >= 0.3 is 0 Å². The van der Waals surface area contributed by atoms with E-state index in [1.165, 1.54) is 5.56 Å². The normalized spacial score (nSPS) is 22.0. The van der Waals surface area contributed by atoms with Gasteiger partial charge in [0.2, 0.25) is 5.95 Å². The first-order valence-corrected chi connectivity index (χ1v) is 9.56. The molecule has 0 radical (unpaired) electrons. The topological polar surface area (TPSA) is 71.5 Å². The third kappa shape index (κ3) is 3.75. The van der Waals surface area contributed by atoms with Crippen molar-refractivity contribution in [1.29, 1.82) is 0 Å². The van der Waals surface area contributed by atoms with Crippen molar-refractivity contribution < 1.29 is 9.64 Å². The fraction of sp³-hybridized carbons (Fsp3) is 0.500. The van der Waals surface area contributed by atoms with E-state index < -0.39 is 0 Å². The van der Waals surface area contributed by atoms with Crippen molar-refractivity contribution in [3.8, 4) is 5.75 Å². The molecular formula is C20H27N4O2+. The molecule has 1 aliphatic heterocycles. The Morgan fingerprint density at radius 3 is 2.73 bits per heavy atom. The maximum absolute atomic E-state index is 12.1. The lowest BCUT2D eigenvalue weighted by atomic mass is 10.0. The number of rotatable bonds is 5. The van der Waals surface area contributed by atoms with Crippen LogP contribution < -0.4 is 20.5 Å². The first-order chi connectivity index (χ1) is 12.7. The Morgan fingerprint density at radius 1 is 1.23 bits per heavy atom. The summed E-state index contributed by atoms with van der Waals surface area (Å²) < 4.78 is 5.22. The smallest absolute Gasteiger partial charge is 0.255 e. The van der Waals surface area contributed by atoms with E-state index in [-0.39, 0.29) is 5.56 Å².